The van der Waals surface area contributed by atoms with Gasteiger partial charge in [-0.1, -0.05) is 0 Å². The van der Waals surface area contributed by atoms with E-state index in [0.29, 0.717) is 12.6 Å². The van der Waals surface area contributed by atoms with E-state index in [1.807, 2.05) is 21.7 Å². The Bertz CT molecular complexity index is 618. The number of hydrogen-bond donors (Lipinski definition) is 1. The highest BCUT2D eigenvalue weighted by Gasteiger charge is 2.46. The van der Waals surface area contributed by atoms with Crippen molar-refractivity contribution >= 4 is 23.3 Å². The molecule has 1 saturated carbocycles. The highest BCUT2D eigenvalue weighted by Crippen LogP contribution is 2.40. The topological polar surface area (TPSA) is 52.7 Å². The van der Waals surface area contributed by atoms with Crippen molar-refractivity contribution < 1.29 is 9.59 Å². The highest BCUT2D eigenvalue weighted by molar-refractivity contribution is 7.08. The lowest BCUT2D eigenvalue weighted by atomic mass is 9.98. The average Bonchev–Trinajstić information content (AvgIpc) is 3.00. The smallest absolute Gasteiger partial charge is 0.322 e. The molecule has 0 saturated heterocycles. The van der Waals surface area contributed by atoms with E-state index in [0.717, 1.165) is 29.7 Å². The Morgan fingerprint density at radius 3 is 2.80 bits per heavy atom. The Morgan fingerprint density at radius 1 is 1.35 bits per heavy atom. The van der Waals surface area contributed by atoms with Crippen molar-refractivity contribution in [2.45, 2.75) is 24.9 Å². The first-order valence-corrected chi connectivity index (χ1v) is 7.71. The molecule has 0 aromatic carbocycles. The first-order chi connectivity index (χ1) is 9.66. The SMILES string of the molecule is CN1C(=O)NC(c2ccsc2)C2=C1CN(C1CC1)C2=O. The van der Waals surface area contributed by atoms with Crippen LogP contribution < -0.4 is 5.32 Å². The van der Waals surface area contributed by atoms with Gasteiger partial charge in [0.2, 0.25) is 0 Å². The summed E-state index contributed by atoms with van der Waals surface area (Å²) in [7, 11) is 1.73. The van der Waals surface area contributed by atoms with Crippen molar-refractivity contribution in [1.82, 2.24) is 15.1 Å². The zero-order valence-electron chi connectivity index (χ0n) is 11.1. The van der Waals surface area contributed by atoms with Gasteiger partial charge in [0.25, 0.3) is 5.91 Å². The quantitative estimate of drug-likeness (QED) is 0.901. The van der Waals surface area contributed by atoms with E-state index in [1.165, 1.54) is 0 Å². The zero-order valence-corrected chi connectivity index (χ0v) is 11.9. The van der Waals surface area contributed by atoms with Gasteiger partial charge in [0.1, 0.15) is 0 Å². The molecule has 1 N–H and O–H groups in total. The lowest BCUT2D eigenvalue weighted by Gasteiger charge is -2.30. The Kier molecular flexibility index (Phi) is 2.44. The lowest BCUT2D eigenvalue weighted by molar-refractivity contribution is -0.126. The number of hydrogen-bond acceptors (Lipinski definition) is 3. The highest BCUT2D eigenvalue weighted by atomic mass is 32.1. The molecule has 1 unspecified atom stereocenters. The Balaban J connectivity index is 1.77. The summed E-state index contributed by atoms with van der Waals surface area (Å²) < 4.78 is 0. The van der Waals surface area contributed by atoms with Gasteiger partial charge in [0, 0.05) is 13.1 Å². The van der Waals surface area contributed by atoms with Crippen LogP contribution in [0.15, 0.2) is 28.1 Å². The number of nitrogens with zero attached hydrogens (tertiary/aromatic N) is 2. The first kappa shape index (κ1) is 12.0. The van der Waals surface area contributed by atoms with Crippen molar-refractivity contribution in [3.05, 3.63) is 33.7 Å². The van der Waals surface area contributed by atoms with Crippen molar-refractivity contribution in [1.29, 1.82) is 0 Å². The van der Waals surface area contributed by atoms with Crippen molar-refractivity contribution in [3.63, 3.8) is 0 Å². The van der Waals surface area contributed by atoms with Gasteiger partial charge in [-0.25, -0.2) is 4.79 Å². The second-order valence-corrected chi connectivity index (χ2v) is 6.30. The predicted octanol–water partition coefficient (Wildman–Crippen LogP) is 1.70. The number of nitrogens with one attached hydrogen (secondary N) is 1. The molecule has 0 bridgehead atoms. The monoisotopic (exact) mass is 289 g/mol. The maximum Gasteiger partial charge on any atom is 0.322 e. The fourth-order valence-electron chi connectivity index (χ4n) is 2.96. The van der Waals surface area contributed by atoms with Crippen LogP contribution in [-0.2, 0) is 4.79 Å². The molecular formula is C14H15N3O2S. The van der Waals surface area contributed by atoms with Crippen LogP contribution in [0.5, 0.6) is 0 Å². The van der Waals surface area contributed by atoms with E-state index < -0.39 is 0 Å². The van der Waals surface area contributed by atoms with E-state index >= 15 is 0 Å². The number of urea groups is 1. The average molecular weight is 289 g/mol. The summed E-state index contributed by atoms with van der Waals surface area (Å²) in [5.41, 5.74) is 2.61. The number of carbonyl (C=O) groups excluding carboxylic acids is 2. The minimum atomic E-state index is -0.295. The summed E-state index contributed by atoms with van der Waals surface area (Å²) in [5.74, 6) is 0.0885. The van der Waals surface area contributed by atoms with Crippen molar-refractivity contribution in [2.24, 2.45) is 0 Å². The molecule has 104 valence electrons. The molecule has 0 radical (unpaired) electrons. The summed E-state index contributed by atoms with van der Waals surface area (Å²) in [4.78, 5) is 28.3. The minimum Gasteiger partial charge on any atom is -0.330 e. The molecule has 5 nitrogen and oxygen atoms in total. The van der Waals surface area contributed by atoms with E-state index in [2.05, 4.69) is 5.32 Å². The van der Waals surface area contributed by atoms with E-state index in [4.69, 9.17) is 0 Å². The van der Waals surface area contributed by atoms with Gasteiger partial charge in [-0.2, -0.15) is 11.3 Å². The number of rotatable bonds is 2. The molecule has 20 heavy (non-hydrogen) atoms. The maximum atomic E-state index is 12.7. The third-order valence-corrected chi connectivity index (χ3v) is 4.95. The molecule has 6 heteroatoms. The molecule has 1 fully saturated rings. The third kappa shape index (κ3) is 1.61. The largest absolute Gasteiger partial charge is 0.330 e. The molecule has 1 aliphatic carbocycles. The Hall–Kier alpha value is -1.82. The van der Waals surface area contributed by atoms with E-state index in [1.54, 1.807) is 23.3 Å². The van der Waals surface area contributed by atoms with Crippen LogP contribution in [-0.4, -0.2) is 41.4 Å². The van der Waals surface area contributed by atoms with Gasteiger partial charge in [-0.3, -0.25) is 9.69 Å². The molecule has 3 amide bonds. The fourth-order valence-corrected chi connectivity index (χ4v) is 3.64. The second kappa shape index (κ2) is 4.09. The van der Waals surface area contributed by atoms with Crippen molar-refractivity contribution in [2.75, 3.05) is 13.6 Å². The van der Waals surface area contributed by atoms with Gasteiger partial charge in [0.05, 0.1) is 23.9 Å². The Labute approximate surface area is 120 Å². The molecule has 1 aromatic heterocycles. The van der Waals surface area contributed by atoms with Crippen LogP contribution in [0.4, 0.5) is 4.79 Å². The Morgan fingerprint density at radius 2 is 2.15 bits per heavy atom. The number of carbonyl (C=O) groups is 2. The molecule has 4 rings (SSSR count). The predicted molar refractivity (Wildman–Crippen MR) is 75.1 cm³/mol. The lowest BCUT2D eigenvalue weighted by Crippen LogP contribution is -2.45. The fraction of sp³-hybridized carbons (Fsp3) is 0.429. The summed E-state index contributed by atoms with van der Waals surface area (Å²) in [5, 5.41) is 6.90. The molecule has 1 aromatic rings. The molecule has 0 spiro atoms. The number of amides is 3. The van der Waals surface area contributed by atoms with Crippen LogP contribution in [0.1, 0.15) is 24.4 Å². The third-order valence-electron chi connectivity index (χ3n) is 4.25. The minimum absolute atomic E-state index is 0.0885. The van der Waals surface area contributed by atoms with Crippen LogP contribution in [0.25, 0.3) is 0 Å². The molecule has 3 aliphatic rings. The van der Waals surface area contributed by atoms with Crippen LogP contribution in [0.2, 0.25) is 0 Å². The number of likely N-dealkylation sites (N-methyl/N-ethyl adjacent to an activating group) is 1. The second-order valence-electron chi connectivity index (χ2n) is 5.52. The summed E-state index contributed by atoms with van der Waals surface area (Å²) in [6.07, 6.45) is 2.17. The van der Waals surface area contributed by atoms with E-state index in [-0.39, 0.29) is 18.0 Å². The van der Waals surface area contributed by atoms with Gasteiger partial charge in [-0.05, 0) is 35.2 Å². The van der Waals surface area contributed by atoms with Crippen LogP contribution in [0.3, 0.4) is 0 Å². The first-order valence-electron chi connectivity index (χ1n) is 6.77. The van der Waals surface area contributed by atoms with Crippen LogP contribution in [0, 0.1) is 0 Å². The molecule has 1 atom stereocenters. The van der Waals surface area contributed by atoms with E-state index in [9.17, 15) is 9.59 Å². The standard InChI is InChI=1S/C14H15N3O2S/c1-16-10-6-17(9-2-3-9)13(18)11(10)12(15-14(16)19)8-4-5-20-7-8/h4-5,7,9,12H,2-3,6H2,1H3,(H,15,19). The van der Waals surface area contributed by atoms with Crippen LogP contribution >= 0.6 is 11.3 Å². The summed E-state index contributed by atoms with van der Waals surface area (Å²) >= 11 is 1.58. The van der Waals surface area contributed by atoms with Gasteiger partial charge in [0.15, 0.2) is 0 Å². The van der Waals surface area contributed by atoms with Gasteiger partial charge >= 0.3 is 6.03 Å². The molecule has 2 aliphatic heterocycles. The van der Waals surface area contributed by atoms with Gasteiger partial charge < -0.3 is 10.2 Å². The molecular weight excluding hydrogens is 274 g/mol. The van der Waals surface area contributed by atoms with Crippen molar-refractivity contribution in [3.8, 4) is 0 Å². The normalized spacial score (nSPS) is 26.1. The zero-order chi connectivity index (χ0) is 13.9. The van der Waals surface area contributed by atoms with Gasteiger partial charge in [-0.15, -0.1) is 0 Å². The maximum absolute atomic E-state index is 12.7. The summed E-state index contributed by atoms with van der Waals surface area (Å²) in [6.45, 7) is 0.573. The summed E-state index contributed by atoms with van der Waals surface area (Å²) in [6, 6.07) is 1.92. The number of thiophene rings is 1. The molecule has 3 heterocycles.